The van der Waals surface area contributed by atoms with Crippen LogP contribution in [0.1, 0.15) is 10.4 Å². The quantitative estimate of drug-likeness (QED) is 0.696. The van der Waals surface area contributed by atoms with Crippen molar-refractivity contribution in [2.45, 2.75) is 0 Å². The van der Waals surface area contributed by atoms with Gasteiger partial charge in [0, 0.05) is 5.56 Å². The Labute approximate surface area is 98.9 Å². The lowest BCUT2D eigenvalue weighted by molar-refractivity contribution is -0.122. The number of hydrogen-bond donors (Lipinski definition) is 2. The normalized spacial score (nSPS) is 9.12. The van der Waals surface area contributed by atoms with Gasteiger partial charge in [0.25, 0.3) is 5.91 Å². The Morgan fingerprint density at radius 1 is 1.35 bits per heavy atom. The van der Waals surface area contributed by atoms with Crippen molar-refractivity contribution in [3.63, 3.8) is 0 Å². The molecule has 0 fully saturated rings. The van der Waals surface area contributed by atoms with E-state index in [4.69, 9.17) is 16.9 Å². The topological polar surface area (TPSA) is 81.4 Å². The number of hydrogen-bond acceptors (Lipinski definition) is 3. The molecule has 0 radical (unpaired) electrons. The van der Waals surface area contributed by atoms with Gasteiger partial charge in [-0.15, -0.1) is 6.42 Å². The van der Waals surface area contributed by atoms with Gasteiger partial charge >= 0.3 is 0 Å². The van der Waals surface area contributed by atoms with Crippen LogP contribution in [0.5, 0.6) is 5.75 Å². The van der Waals surface area contributed by atoms with Gasteiger partial charge in [0.1, 0.15) is 5.75 Å². The first-order valence-electron chi connectivity index (χ1n) is 4.86. The SMILES string of the molecule is C#CCNC(=O)COc1ccc(C(N)=O)cc1. The molecule has 0 heterocycles. The highest BCUT2D eigenvalue weighted by Gasteiger charge is 2.03. The van der Waals surface area contributed by atoms with Crippen LogP contribution in [-0.2, 0) is 4.79 Å². The zero-order valence-electron chi connectivity index (χ0n) is 9.10. The van der Waals surface area contributed by atoms with E-state index in [2.05, 4.69) is 11.2 Å². The third-order valence-corrected chi connectivity index (χ3v) is 1.90. The first kappa shape index (κ1) is 12.6. The maximum absolute atomic E-state index is 11.1. The molecule has 0 bridgehead atoms. The van der Waals surface area contributed by atoms with Crippen LogP contribution in [0.2, 0.25) is 0 Å². The third kappa shape index (κ3) is 4.26. The molecule has 0 unspecified atom stereocenters. The molecular formula is C12H12N2O3. The second kappa shape index (κ2) is 6.18. The van der Waals surface area contributed by atoms with Crippen molar-refractivity contribution in [2.75, 3.05) is 13.2 Å². The number of nitrogens with two attached hydrogens (primary N) is 1. The van der Waals surface area contributed by atoms with Crippen LogP contribution < -0.4 is 15.8 Å². The van der Waals surface area contributed by atoms with Crippen molar-refractivity contribution in [1.29, 1.82) is 0 Å². The van der Waals surface area contributed by atoms with E-state index in [1.54, 1.807) is 12.1 Å². The molecule has 0 atom stereocenters. The zero-order chi connectivity index (χ0) is 12.7. The lowest BCUT2D eigenvalue weighted by Gasteiger charge is -2.05. The smallest absolute Gasteiger partial charge is 0.258 e. The summed E-state index contributed by atoms with van der Waals surface area (Å²) in [4.78, 5) is 21.9. The molecule has 5 nitrogen and oxygen atoms in total. The Bertz CT molecular complexity index is 446. The summed E-state index contributed by atoms with van der Waals surface area (Å²) in [5.74, 6) is 1.94. The molecule has 0 aliphatic heterocycles. The Hall–Kier alpha value is -2.48. The standard InChI is InChI=1S/C12H12N2O3/c1-2-7-14-11(15)8-17-10-5-3-9(4-6-10)12(13)16/h1,3-6H,7-8H2,(H2,13,16)(H,14,15). The summed E-state index contributed by atoms with van der Waals surface area (Å²) in [6.45, 7) is 0.0421. The Morgan fingerprint density at radius 2 is 2.00 bits per heavy atom. The molecule has 0 aliphatic rings. The number of terminal acetylenes is 1. The molecule has 1 aromatic carbocycles. The first-order valence-corrected chi connectivity index (χ1v) is 4.86. The van der Waals surface area contributed by atoms with E-state index < -0.39 is 5.91 Å². The molecule has 17 heavy (non-hydrogen) atoms. The summed E-state index contributed by atoms with van der Waals surface area (Å²) >= 11 is 0. The fourth-order valence-corrected chi connectivity index (χ4v) is 1.06. The van der Waals surface area contributed by atoms with Crippen molar-refractivity contribution in [1.82, 2.24) is 5.32 Å². The summed E-state index contributed by atoms with van der Waals surface area (Å²) in [6, 6.07) is 6.18. The average molecular weight is 232 g/mol. The molecular weight excluding hydrogens is 220 g/mol. The summed E-state index contributed by atoms with van der Waals surface area (Å²) in [6.07, 6.45) is 4.98. The van der Waals surface area contributed by atoms with Gasteiger partial charge in [0.15, 0.2) is 6.61 Å². The fourth-order valence-electron chi connectivity index (χ4n) is 1.06. The van der Waals surface area contributed by atoms with Gasteiger partial charge in [-0.2, -0.15) is 0 Å². The van der Waals surface area contributed by atoms with Gasteiger partial charge < -0.3 is 15.8 Å². The van der Waals surface area contributed by atoms with Crippen LogP contribution in [0.4, 0.5) is 0 Å². The average Bonchev–Trinajstić information content (AvgIpc) is 2.34. The maximum atomic E-state index is 11.1. The summed E-state index contributed by atoms with van der Waals surface area (Å²) < 4.78 is 5.17. The van der Waals surface area contributed by atoms with Crippen molar-refractivity contribution in [2.24, 2.45) is 5.73 Å². The maximum Gasteiger partial charge on any atom is 0.258 e. The van der Waals surface area contributed by atoms with Gasteiger partial charge in [-0.25, -0.2) is 0 Å². The number of carbonyl (C=O) groups excluding carboxylic acids is 2. The molecule has 0 saturated carbocycles. The lowest BCUT2D eigenvalue weighted by Crippen LogP contribution is -2.29. The Morgan fingerprint density at radius 3 is 2.53 bits per heavy atom. The molecule has 3 N–H and O–H groups in total. The molecule has 1 rings (SSSR count). The van der Waals surface area contributed by atoms with Crippen LogP contribution >= 0.6 is 0 Å². The monoisotopic (exact) mass is 232 g/mol. The number of benzene rings is 1. The van der Waals surface area contributed by atoms with Gasteiger partial charge in [-0.05, 0) is 24.3 Å². The van der Waals surface area contributed by atoms with Crippen LogP contribution in [0.25, 0.3) is 0 Å². The largest absolute Gasteiger partial charge is 0.484 e. The number of carbonyl (C=O) groups is 2. The number of amides is 2. The lowest BCUT2D eigenvalue weighted by atomic mass is 10.2. The second-order valence-electron chi connectivity index (χ2n) is 3.16. The molecule has 2 amide bonds. The number of nitrogens with one attached hydrogen (secondary N) is 1. The predicted octanol–water partition coefficient (Wildman–Crippen LogP) is -0.0863. The van der Waals surface area contributed by atoms with Crippen LogP contribution in [-0.4, -0.2) is 25.0 Å². The van der Waals surface area contributed by atoms with E-state index in [0.29, 0.717) is 11.3 Å². The molecule has 0 spiro atoms. The molecule has 1 aromatic rings. The van der Waals surface area contributed by atoms with E-state index in [1.165, 1.54) is 12.1 Å². The van der Waals surface area contributed by atoms with Crippen molar-refractivity contribution in [3.05, 3.63) is 29.8 Å². The second-order valence-corrected chi connectivity index (χ2v) is 3.16. The molecule has 0 aromatic heterocycles. The third-order valence-electron chi connectivity index (χ3n) is 1.90. The first-order chi connectivity index (χ1) is 8.13. The minimum atomic E-state index is -0.511. The minimum Gasteiger partial charge on any atom is -0.484 e. The van der Waals surface area contributed by atoms with E-state index in [1.807, 2.05) is 0 Å². The van der Waals surface area contributed by atoms with Gasteiger partial charge in [-0.3, -0.25) is 9.59 Å². The summed E-state index contributed by atoms with van der Waals surface area (Å²) in [5, 5.41) is 2.46. The highest BCUT2D eigenvalue weighted by Crippen LogP contribution is 2.11. The van der Waals surface area contributed by atoms with Gasteiger partial charge in [0.2, 0.25) is 5.91 Å². The van der Waals surface area contributed by atoms with E-state index >= 15 is 0 Å². The fraction of sp³-hybridized carbons (Fsp3) is 0.167. The van der Waals surface area contributed by atoms with E-state index in [9.17, 15) is 9.59 Å². The van der Waals surface area contributed by atoms with E-state index in [0.717, 1.165) is 0 Å². The highest BCUT2D eigenvalue weighted by atomic mass is 16.5. The summed E-state index contributed by atoms with van der Waals surface area (Å²) in [7, 11) is 0. The zero-order valence-corrected chi connectivity index (χ0v) is 9.10. The molecule has 5 heteroatoms. The van der Waals surface area contributed by atoms with E-state index in [-0.39, 0.29) is 19.1 Å². The minimum absolute atomic E-state index is 0.127. The van der Waals surface area contributed by atoms with Crippen molar-refractivity contribution >= 4 is 11.8 Å². The number of rotatable bonds is 5. The van der Waals surface area contributed by atoms with Crippen LogP contribution in [0.3, 0.4) is 0 Å². The molecule has 88 valence electrons. The molecule has 0 aliphatic carbocycles. The number of primary amides is 1. The highest BCUT2D eigenvalue weighted by molar-refractivity contribution is 5.92. The molecule has 0 saturated heterocycles. The van der Waals surface area contributed by atoms with Crippen LogP contribution in [0.15, 0.2) is 24.3 Å². The van der Waals surface area contributed by atoms with Crippen molar-refractivity contribution < 1.29 is 14.3 Å². The predicted molar refractivity (Wildman–Crippen MR) is 62.3 cm³/mol. The Kier molecular flexibility index (Phi) is 4.58. The Balaban J connectivity index is 2.45. The van der Waals surface area contributed by atoms with Gasteiger partial charge in [-0.1, -0.05) is 5.92 Å². The number of ether oxygens (including phenoxy) is 1. The van der Waals surface area contributed by atoms with Gasteiger partial charge in [0.05, 0.1) is 6.54 Å². The van der Waals surface area contributed by atoms with Crippen LogP contribution in [0, 0.1) is 12.3 Å². The van der Waals surface area contributed by atoms with Crippen molar-refractivity contribution in [3.8, 4) is 18.1 Å². The summed E-state index contributed by atoms with van der Waals surface area (Å²) in [5.41, 5.74) is 5.46.